The summed E-state index contributed by atoms with van der Waals surface area (Å²) < 4.78 is 42.8. The molecule has 0 saturated heterocycles. The molecule has 0 bridgehead atoms. The predicted molar refractivity (Wildman–Crippen MR) is 104 cm³/mol. The van der Waals surface area contributed by atoms with Crippen molar-refractivity contribution >= 4 is 16.1 Å². The Morgan fingerprint density at radius 2 is 1.71 bits per heavy atom. The highest BCUT2D eigenvalue weighted by Crippen LogP contribution is 2.17. The monoisotopic (exact) mass is 408 g/mol. The number of hydrogen-bond acceptors (Lipinski definition) is 7. The van der Waals surface area contributed by atoms with Crippen LogP contribution in [-0.4, -0.2) is 47.6 Å². The number of hydrogen-bond donors (Lipinski definition) is 0. The molecule has 0 amide bonds. The van der Waals surface area contributed by atoms with Gasteiger partial charge in [-0.2, -0.15) is 8.42 Å². The molecule has 0 aliphatic carbocycles. The normalized spacial score (nSPS) is 12.2. The first-order valence-corrected chi connectivity index (χ1v) is 10.4. The number of ether oxygens (including phenoxy) is 3. The van der Waals surface area contributed by atoms with E-state index in [2.05, 4.69) is 0 Å². The van der Waals surface area contributed by atoms with E-state index in [0.717, 1.165) is 17.4 Å². The average molecular weight is 408 g/mol. The van der Waals surface area contributed by atoms with Gasteiger partial charge in [-0.3, -0.25) is 0 Å². The Hall–Kier alpha value is -2.58. The number of methoxy groups -OCH3 is 2. The molecular weight excluding hydrogens is 384 g/mol. The summed E-state index contributed by atoms with van der Waals surface area (Å²) in [5.74, 6) is 0.562. The first-order valence-electron chi connectivity index (χ1n) is 8.61. The van der Waals surface area contributed by atoms with Crippen LogP contribution in [0.4, 0.5) is 0 Å². The van der Waals surface area contributed by atoms with Crippen molar-refractivity contribution in [3.05, 3.63) is 59.7 Å². The molecule has 152 valence electrons. The Bertz CT molecular complexity index is 876. The maximum Gasteiger partial charge on any atom is 0.335 e. The molecule has 0 fully saturated rings. The van der Waals surface area contributed by atoms with Crippen LogP contribution >= 0.6 is 0 Å². The Kier molecular flexibility index (Phi) is 7.83. The van der Waals surface area contributed by atoms with Crippen molar-refractivity contribution in [3.8, 4) is 11.5 Å². The van der Waals surface area contributed by atoms with Gasteiger partial charge in [-0.05, 0) is 35.4 Å². The number of esters is 1. The van der Waals surface area contributed by atoms with Crippen LogP contribution in [0, 0.1) is 0 Å². The van der Waals surface area contributed by atoms with Crippen LogP contribution in [0.3, 0.4) is 0 Å². The van der Waals surface area contributed by atoms with Gasteiger partial charge in [0.2, 0.25) is 0 Å². The summed E-state index contributed by atoms with van der Waals surface area (Å²) >= 11 is 0. The van der Waals surface area contributed by atoms with Crippen LogP contribution in [0.2, 0.25) is 0 Å². The molecule has 1 unspecified atom stereocenters. The van der Waals surface area contributed by atoms with E-state index in [1.54, 1.807) is 18.2 Å². The summed E-state index contributed by atoms with van der Waals surface area (Å²) in [5.41, 5.74) is 1.83. The Morgan fingerprint density at radius 1 is 1.00 bits per heavy atom. The Labute approximate surface area is 165 Å². The molecule has 0 spiro atoms. The van der Waals surface area contributed by atoms with Gasteiger partial charge in [0.25, 0.3) is 0 Å². The lowest BCUT2D eigenvalue weighted by Gasteiger charge is -2.13. The zero-order chi connectivity index (χ0) is 20.6. The minimum Gasteiger partial charge on any atom is -0.493 e. The highest BCUT2D eigenvalue weighted by Gasteiger charge is 2.18. The Morgan fingerprint density at radius 3 is 2.32 bits per heavy atom. The van der Waals surface area contributed by atoms with Crippen molar-refractivity contribution in [3.63, 3.8) is 0 Å². The van der Waals surface area contributed by atoms with Gasteiger partial charge in [-0.25, -0.2) is 4.79 Å². The third-order valence-electron chi connectivity index (χ3n) is 3.90. The SMILES string of the molecule is COC(=O)C(Cc1ccc(OCCc2cccc(OS(C)(=O)=O)c2)cc1)OC. The minimum absolute atomic E-state index is 0.280. The van der Waals surface area contributed by atoms with E-state index in [1.807, 2.05) is 30.3 Å². The van der Waals surface area contributed by atoms with Crippen LogP contribution in [0.15, 0.2) is 48.5 Å². The van der Waals surface area contributed by atoms with Crippen LogP contribution in [0.25, 0.3) is 0 Å². The van der Waals surface area contributed by atoms with Crippen molar-refractivity contribution in [1.29, 1.82) is 0 Å². The minimum atomic E-state index is -3.55. The maximum atomic E-state index is 11.6. The third kappa shape index (κ3) is 7.21. The van der Waals surface area contributed by atoms with E-state index in [1.165, 1.54) is 14.2 Å². The van der Waals surface area contributed by atoms with Crippen molar-refractivity contribution in [2.45, 2.75) is 18.9 Å². The van der Waals surface area contributed by atoms with Gasteiger partial charge < -0.3 is 18.4 Å². The largest absolute Gasteiger partial charge is 0.493 e. The van der Waals surface area contributed by atoms with Gasteiger partial charge in [-0.15, -0.1) is 0 Å². The molecule has 0 N–H and O–H groups in total. The van der Waals surface area contributed by atoms with E-state index in [4.69, 9.17) is 18.4 Å². The van der Waals surface area contributed by atoms with Gasteiger partial charge in [-0.1, -0.05) is 24.3 Å². The molecule has 7 nitrogen and oxygen atoms in total. The molecule has 2 aromatic rings. The molecule has 0 saturated carbocycles. The second-order valence-corrected chi connectivity index (χ2v) is 7.70. The first kappa shape index (κ1) is 21.7. The van der Waals surface area contributed by atoms with E-state index >= 15 is 0 Å². The van der Waals surface area contributed by atoms with Gasteiger partial charge in [0.15, 0.2) is 6.10 Å². The van der Waals surface area contributed by atoms with E-state index < -0.39 is 22.2 Å². The molecule has 2 aromatic carbocycles. The molecule has 28 heavy (non-hydrogen) atoms. The molecular formula is C20H24O7S. The number of carbonyl (C=O) groups excluding carboxylic acids is 1. The summed E-state index contributed by atoms with van der Waals surface area (Å²) in [4.78, 5) is 11.6. The fourth-order valence-electron chi connectivity index (χ4n) is 2.54. The highest BCUT2D eigenvalue weighted by molar-refractivity contribution is 7.86. The van der Waals surface area contributed by atoms with Gasteiger partial charge in [0.1, 0.15) is 11.5 Å². The third-order valence-corrected chi connectivity index (χ3v) is 4.39. The number of benzene rings is 2. The number of carbonyl (C=O) groups is 1. The predicted octanol–water partition coefficient (Wildman–Crippen LogP) is 2.38. The van der Waals surface area contributed by atoms with E-state index in [9.17, 15) is 13.2 Å². The van der Waals surface area contributed by atoms with Crippen molar-refractivity contribution in [1.82, 2.24) is 0 Å². The fourth-order valence-corrected chi connectivity index (χ4v) is 3.00. The molecule has 8 heteroatoms. The zero-order valence-electron chi connectivity index (χ0n) is 16.1. The topological polar surface area (TPSA) is 88.1 Å². The summed E-state index contributed by atoms with van der Waals surface area (Å²) in [6, 6.07) is 14.2. The van der Waals surface area contributed by atoms with Gasteiger partial charge in [0.05, 0.1) is 20.0 Å². The lowest BCUT2D eigenvalue weighted by atomic mass is 10.1. The van der Waals surface area contributed by atoms with Gasteiger partial charge >= 0.3 is 16.1 Å². The van der Waals surface area contributed by atoms with Crippen molar-refractivity contribution in [2.24, 2.45) is 0 Å². The summed E-state index contributed by atoms with van der Waals surface area (Å²) in [6.07, 6.45) is 1.37. The molecule has 2 rings (SSSR count). The van der Waals surface area contributed by atoms with Crippen LogP contribution < -0.4 is 8.92 Å². The maximum absolute atomic E-state index is 11.6. The second-order valence-electron chi connectivity index (χ2n) is 6.13. The van der Waals surface area contributed by atoms with Crippen LogP contribution in [-0.2, 0) is 37.2 Å². The molecule has 0 aliphatic rings. The highest BCUT2D eigenvalue weighted by atomic mass is 32.2. The second kappa shape index (κ2) is 10.1. The molecule has 0 aliphatic heterocycles. The molecule has 0 radical (unpaired) electrons. The van der Waals surface area contributed by atoms with E-state index in [0.29, 0.717) is 25.2 Å². The standard InChI is InChI=1S/C20H24O7S/c1-24-19(20(21)25-2)14-16-7-9-17(10-8-16)26-12-11-15-5-4-6-18(13-15)27-28(3,22)23/h4-10,13,19H,11-12,14H2,1-3H3. The quantitative estimate of drug-likeness (QED) is 0.440. The molecule has 1 atom stereocenters. The summed E-state index contributed by atoms with van der Waals surface area (Å²) in [5, 5.41) is 0. The number of rotatable bonds is 10. The van der Waals surface area contributed by atoms with Crippen molar-refractivity contribution in [2.75, 3.05) is 27.1 Å². The lowest BCUT2D eigenvalue weighted by Crippen LogP contribution is -2.26. The summed E-state index contributed by atoms with van der Waals surface area (Å²) in [7, 11) is -0.754. The van der Waals surface area contributed by atoms with E-state index in [-0.39, 0.29) is 5.75 Å². The van der Waals surface area contributed by atoms with Crippen LogP contribution in [0.5, 0.6) is 11.5 Å². The summed E-state index contributed by atoms with van der Waals surface area (Å²) in [6.45, 7) is 0.421. The molecule has 0 heterocycles. The fraction of sp³-hybridized carbons (Fsp3) is 0.350. The average Bonchev–Trinajstić information content (AvgIpc) is 2.65. The van der Waals surface area contributed by atoms with Crippen molar-refractivity contribution < 1.29 is 31.6 Å². The smallest absolute Gasteiger partial charge is 0.335 e. The molecule has 0 aromatic heterocycles. The van der Waals surface area contributed by atoms with Crippen LogP contribution in [0.1, 0.15) is 11.1 Å². The first-order chi connectivity index (χ1) is 13.3. The van der Waals surface area contributed by atoms with Gasteiger partial charge in [0, 0.05) is 20.0 Å². The Balaban J connectivity index is 1.87. The zero-order valence-corrected chi connectivity index (χ0v) is 16.9. The lowest BCUT2D eigenvalue weighted by molar-refractivity contribution is -0.152.